The van der Waals surface area contributed by atoms with Crippen molar-refractivity contribution in [2.75, 3.05) is 6.61 Å². The summed E-state index contributed by atoms with van der Waals surface area (Å²) in [6.45, 7) is 2.63. The van der Waals surface area contributed by atoms with Crippen molar-refractivity contribution in [1.82, 2.24) is 0 Å². The summed E-state index contributed by atoms with van der Waals surface area (Å²) in [6.07, 6.45) is 2.64. The number of aliphatic hydroxyl groups excluding tert-OH is 1. The number of benzene rings is 2. The largest absolute Gasteiger partial charge is 0.490 e. The van der Waals surface area contributed by atoms with Crippen LogP contribution in [0.1, 0.15) is 25.3 Å². The van der Waals surface area contributed by atoms with E-state index in [1.807, 2.05) is 36.4 Å². The van der Waals surface area contributed by atoms with E-state index < -0.39 is 0 Å². The van der Waals surface area contributed by atoms with Crippen LogP contribution >= 0.6 is 0 Å². The van der Waals surface area contributed by atoms with Crippen molar-refractivity contribution < 1.29 is 14.6 Å². The van der Waals surface area contributed by atoms with Gasteiger partial charge in [0.2, 0.25) is 0 Å². The molecular weight excluding hydrogens is 252 g/mol. The first-order valence-corrected chi connectivity index (χ1v) is 7.17. The minimum absolute atomic E-state index is 0.0153. The van der Waals surface area contributed by atoms with E-state index in [-0.39, 0.29) is 12.7 Å². The van der Waals surface area contributed by atoms with Gasteiger partial charge in [-0.2, -0.15) is 0 Å². The fraction of sp³-hybridized carbons (Fsp3) is 0.412. The summed E-state index contributed by atoms with van der Waals surface area (Å²) in [7, 11) is 0. The maximum absolute atomic E-state index is 9.64. The molecule has 2 aromatic carbocycles. The Balaban J connectivity index is 1.80. The number of aliphatic hydroxyl groups is 1. The summed E-state index contributed by atoms with van der Waals surface area (Å²) in [5, 5.41) is 11.8. The maximum Gasteiger partial charge on any atom is 0.125 e. The topological polar surface area (TPSA) is 38.7 Å². The molecule has 3 nitrogen and oxygen atoms in total. The standard InChI is InChI=1S/C17H20O3/c1-12-6-8-14(20-12)11-19-17-9-7-13-4-2-3-5-15(13)16(17)10-18/h2-5,7,9,12,14,18H,6,8,10-11H2,1H3. The van der Waals surface area contributed by atoms with E-state index >= 15 is 0 Å². The lowest BCUT2D eigenvalue weighted by Gasteiger charge is -2.16. The van der Waals surface area contributed by atoms with Gasteiger partial charge in [-0.25, -0.2) is 0 Å². The first-order chi connectivity index (χ1) is 9.78. The average Bonchev–Trinajstić information content (AvgIpc) is 2.90. The van der Waals surface area contributed by atoms with E-state index in [0.717, 1.165) is 34.9 Å². The smallest absolute Gasteiger partial charge is 0.125 e. The molecule has 1 aliphatic heterocycles. The summed E-state index contributed by atoms with van der Waals surface area (Å²) in [6, 6.07) is 12.0. The van der Waals surface area contributed by atoms with E-state index in [9.17, 15) is 5.11 Å². The highest BCUT2D eigenvalue weighted by atomic mass is 16.5. The Kier molecular flexibility index (Phi) is 3.90. The van der Waals surface area contributed by atoms with Gasteiger partial charge in [-0.15, -0.1) is 0 Å². The molecule has 106 valence electrons. The van der Waals surface area contributed by atoms with E-state index in [1.54, 1.807) is 0 Å². The Morgan fingerprint density at radius 1 is 1.20 bits per heavy atom. The lowest BCUT2D eigenvalue weighted by atomic mass is 10.0. The van der Waals surface area contributed by atoms with Crippen molar-refractivity contribution in [3.8, 4) is 5.75 Å². The molecule has 2 aromatic rings. The third-order valence-corrected chi connectivity index (χ3v) is 3.90. The Morgan fingerprint density at radius 2 is 2.05 bits per heavy atom. The van der Waals surface area contributed by atoms with E-state index in [2.05, 4.69) is 6.92 Å². The van der Waals surface area contributed by atoms with Gasteiger partial charge in [-0.1, -0.05) is 30.3 Å². The molecular formula is C17H20O3. The second-order valence-corrected chi connectivity index (χ2v) is 5.38. The number of ether oxygens (including phenoxy) is 2. The Bertz CT molecular complexity index is 594. The van der Waals surface area contributed by atoms with Crippen molar-refractivity contribution in [3.63, 3.8) is 0 Å². The molecule has 2 atom stereocenters. The Labute approximate surface area is 119 Å². The van der Waals surface area contributed by atoms with Gasteiger partial charge in [-0.05, 0) is 36.6 Å². The van der Waals surface area contributed by atoms with Crippen molar-refractivity contribution in [2.45, 2.75) is 38.6 Å². The van der Waals surface area contributed by atoms with Crippen LogP contribution in [0.15, 0.2) is 36.4 Å². The van der Waals surface area contributed by atoms with Crippen molar-refractivity contribution in [3.05, 3.63) is 42.0 Å². The molecule has 2 unspecified atom stereocenters. The number of hydrogen-bond donors (Lipinski definition) is 1. The van der Waals surface area contributed by atoms with Crippen LogP contribution in [0.2, 0.25) is 0 Å². The Hall–Kier alpha value is -1.58. The molecule has 3 rings (SSSR count). The second-order valence-electron chi connectivity index (χ2n) is 5.38. The molecule has 0 aromatic heterocycles. The molecule has 0 radical (unpaired) electrons. The highest BCUT2D eigenvalue weighted by Gasteiger charge is 2.22. The summed E-state index contributed by atoms with van der Waals surface area (Å²) in [5.41, 5.74) is 0.856. The molecule has 0 spiro atoms. The first kappa shape index (κ1) is 13.4. The van der Waals surface area contributed by atoms with Gasteiger partial charge in [0.25, 0.3) is 0 Å². The van der Waals surface area contributed by atoms with Gasteiger partial charge in [0.05, 0.1) is 18.8 Å². The molecule has 20 heavy (non-hydrogen) atoms. The van der Waals surface area contributed by atoms with Gasteiger partial charge in [0.1, 0.15) is 12.4 Å². The zero-order valence-corrected chi connectivity index (χ0v) is 11.7. The fourth-order valence-corrected chi connectivity index (χ4v) is 2.80. The van der Waals surface area contributed by atoms with Gasteiger partial charge in [0.15, 0.2) is 0 Å². The molecule has 1 fully saturated rings. The number of hydrogen-bond acceptors (Lipinski definition) is 3. The van der Waals surface area contributed by atoms with Crippen LogP contribution in [0.3, 0.4) is 0 Å². The molecule has 1 saturated heterocycles. The summed E-state index contributed by atoms with van der Waals surface area (Å²) in [4.78, 5) is 0. The molecule has 1 N–H and O–H groups in total. The molecule has 0 aliphatic carbocycles. The third kappa shape index (κ3) is 2.65. The second kappa shape index (κ2) is 5.81. The zero-order chi connectivity index (χ0) is 13.9. The predicted molar refractivity (Wildman–Crippen MR) is 78.9 cm³/mol. The van der Waals surface area contributed by atoms with Crippen LogP contribution in [0.4, 0.5) is 0 Å². The van der Waals surface area contributed by atoms with Gasteiger partial charge < -0.3 is 14.6 Å². The average molecular weight is 272 g/mol. The van der Waals surface area contributed by atoms with Crippen LogP contribution in [-0.2, 0) is 11.3 Å². The van der Waals surface area contributed by atoms with Crippen LogP contribution < -0.4 is 4.74 Å². The van der Waals surface area contributed by atoms with Crippen LogP contribution in [0.5, 0.6) is 5.75 Å². The lowest BCUT2D eigenvalue weighted by Crippen LogP contribution is -2.18. The molecule has 3 heteroatoms. The molecule has 1 aliphatic rings. The van der Waals surface area contributed by atoms with Crippen LogP contribution in [-0.4, -0.2) is 23.9 Å². The van der Waals surface area contributed by atoms with Crippen molar-refractivity contribution in [2.24, 2.45) is 0 Å². The Morgan fingerprint density at radius 3 is 2.80 bits per heavy atom. The lowest BCUT2D eigenvalue weighted by molar-refractivity contribution is 0.0260. The van der Waals surface area contributed by atoms with E-state index in [0.29, 0.717) is 12.7 Å². The molecule has 0 bridgehead atoms. The highest BCUT2D eigenvalue weighted by molar-refractivity contribution is 5.87. The maximum atomic E-state index is 9.64. The summed E-state index contributed by atoms with van der Waals surface area (Å²) >= 11 is 0. The first-order valence-electron chi connectivity index (χ1n) is 7.17. The molecule has 0 amide bonds. The SMILES string of the molecule is CC1CCC(COc2ccc3ccccc3c2CO)O1. The van der Waals surface area contributed by atoms with Gasteiger partial charge >= 0.3 is 0 Å². The fourth-order valence-electron chi connectivity index (χ4n) is 2.80. The minimum atomic E-state index is -0.0153. The van der Waals surface area contributed by atoms with Crippen molar-refractivity contribution in [1.29, 1.82) is 0 Å². The van der Waals surface area contributed by atoms with E-state index in [4.69, 9.17) is 9.47 Å². The van der Waals surface area contributed by atoms with E-state index in [1.165, 1.54) is 0 Å². The van der Waals surface area contributed by atoms with Gasteiger partial charge in [-0.3, -0.25) is 0 Å². The zero-order valence-electron chi connectivity index (χ0n) is 11.7. The summed E-state index contributed by atoms with van der Waals surface area (Å²) < 4.78 is 11.6. The monoisotopic (exact) mass is 272 g/mol. The van der Waals surface area contributed by atoms with Crippen molar-refractivity contribution >= 4 is 10.8 Å². The predicted octanol–water partition coefficient (Wildman–Crippen LogP) is 3.28. The number of rotatable bonds is 4. The molecule has 0 saturated carbocycles. The summed E-state index contributed by atoms with van der Waals surface area (Å²) in [5.74, 6) is 0.759. The van der Waals surface area contributed by atoms with Gasteiger partial charge in [0, 0.05) is 5.56 Å². The van der Waals surface area contributed by atoms with Crippen LogP contribution in [0.25, 0.3) is 10.8 Å². The minimum Gasteiger partial charge on any atom is -0.490 e. The highest BCUT2D eigenvalue weighted by Crippen LogP contribution is 2.29. The quantitative estimate of drug-likeness (QED) is 0.928. The third-order valence-electron chi connectivity index (χ3n) is 3.90. The normalized spacial score (nSPS) is 22.3. The molecule has 1 heterocycles. The number of fused-ring (bicyclic) bond motifs is 1. The van der Waals surface area contributed by atoms with Crippen LogP contribution in [0, 0.1) is 0 Å².